The molecule has 0 aromatic carbocycles. The number of fused-ring (bicyclic) bond motifs is 1. The van der Waals surface area contributed by atoms with Crippen LogP contribution in [0.2, 0.25) is 0 Å². The predicted octanol–water partition coefficient (Wildman–Crippen LogP) is 2.95. The van der Waals surface area contributed by atoms with E-state index in [9.17, 15) is 9.59 Å². The van der Waals surface area contributed by atoms with E-state index in [1.165, 1.54) is 16.9 Å². The number of nitrogens with zero attached hydrogens (tertiary/aromatic N) is 1. The monoisotopic (exact) mass is 307 g/mol. The molecule has 1 N–H and O–H groups in total. The highest BCUT2D eigenvalue weighted by Crippen LogP contribution is 2.34. The molecule has 114 valence electrons. The summed E-state index contributed by atoms with van der Waals surface area (Å²) in [6, 6.07) is 0.249. The van der Waals surface area contributed by atoms with Crippen molar-refractivity contribution in [3.8, 4) is 0 Å². The third-order valence-corrected chi connectivity index (χ3v) is 5.52. The van der Waals surface area contributed by atoms with Gasteiger partial charge in [-0.15, -0.1) is 11.3 Å². The Balaban J connectivity index is 1.81. The highest BCUT2D eigenvalue weighted by atomic mass is 32.1. The van der Waals surface area contributed by atoms with E-state index < -0.39 is 11.9 Å². The van der Waals surface area contributed by atoms with Crippen LogP contribution in [0.1, 0.15) is 53.4 Å². The van der Waals surface area contributed by atoms with Crippen molar-refractivity contribution in [3.63, 3.8) is 0 Å². The smallest absolute Gasteiger partial charge is 0.308 e. The van der Waals surface area contributed by atoms with Crippen LogP contribution < -0.4 is 0 Å². The summed E-state index contributed by atoms with van der Waals surface area (Å²) >= 11 is 1.69. The second-order valence-electron chi connectivity index (χ2n) is 6.19. The number of aliphatic carboxylic acids is 1. The zero-order chi connectivity index (χ0) is 15.0. The number of amides is 1. The van der Waals surface area contributed by atoms with E-state index in [1.807, 2.05) is 5.38 Å². The maximum absolute atomic E-state index is 12.9. The molecule has 1 heterocycles. The summed E-state index contributed by atoms with van der Waals surface area (Å²) in [6.07, 6.45) is 6.45. The summed E-state index contributed by atoms with van der Waals surface area (Å²) in [4.78, 5) is 27.1. The zero-order valence-corrected chi connectivity index (χ0v) is 13.1. The van der Waals surface area contributed by atoms with E-state index in [0.717, 1.165) is 37.7 Å². The lowest BCUT2D eigenvalue weighted by atomic mass is 9.95. The molecule has 1 aromatic rings. The van der Waals surface area contributed by atoms with Gasteiger partial charge in [0.2, 0.25) is 0 Å². The standard InChI is InChI=1S/C16H21NO3S/c1-10(16(19)20)8-17(11-6-7-11)15(18)13-9-21-14-5-3-2-4-12(13)14/h9-11H,2-8H2,1H3,(H,19,20). The van der Waals surface area contributed by atoms with Crippen LogP contribution in [-0.4, -0.2) is 34.5 Å². The number of carbonyl (C=O) groups is 2. The summed E-state index contributed by atoms with van der Waals surface area (Å²) in [5, 5.41) is 11.1. The normalized spacial score (nSPS) is 18.9. The molecule has 3 rings (SSSR count). The summed E-state index contributed by atoms with van der Waals surface area (Å²) in [6.45, 7) is 2.00. The van der Waals surface area contributed by atoms with Crippen molar-refractivity contribution >= 4 is 23.2 Å². The third-order valence-electron chi connectivity index (χ3n) is 4.43. The van der Waals surface area contributed by atoms with Crippen LogP contribution in [0.3, 0.4) is 0 Å². The minimum Gasteiger partial charge on any atom is -0.481 e. The molecule has 0 bridgehead atoms. The average molecular weight is 307 g/mol. The Morgan fingerprint density at radius 3 is 2.76 bits per heavy atom. The van der Waals surface area contributed by atoms with Crippen LogP contribution in [0.5, 0.6) is 0 Å². The molecule has 1 unspecified atom stereocenters. The number of carbonyl (C=O) groups excluding carboxylic acids is 1. The first-order valence-electron chi connectivity index (χ1n) is 7.71. The van der Waals surface area contributed by atoms with E-state index in [1.54, 1.807) is 23.2 Å². The molecule has 1 fully saturated rings. The van der Waals surface area contributed by atoms with Gasteiger partial charge in [0.1, 0.15) is 0 Å². The fourth-order valence-corrected chi connectivity index (χ4v) is 4.10. The number of carboxylic acids is 1. The van der Waals surface area contributed by atoms with Gasteiger partial charge in [0.05, 0.1) is 11.5 Å². The predicted molar refractivity (Wildman–Crippen MR) is 81.8 cm³/mol. The number of rotatable bonds is 5. The minimum atomic E-state index is -0.833. The van der Waals surface area contributed by atoms with Gasteiger partial charge in [0.15, 0.2) is 0 Å². The van der Waals surface area contributed by atoms with Crippen LogP contribution in [0, 0.1) is 5.92 Å². The molecule has 1 atom stereocenters. The summed E-state index contributed by atoms with van der Waals surface area (Å²) < 4.78 is 0. The van der Waals surface area contributed by atoms with Crippen molar-refractivity contribution in [1.82, 2.24) is 4.90 Å². The lowest BCUT2D eigenvalue weighted by molar-refractivity contribution is -0.141. The van der Waals surface area contributed by atoms with Crippen molar-refractivity contribution in [2.75, 3.05) is 6.54 Å². The molecule has 4 nitrogen and oxygen atoms in total. The molecule has 2 aliphatic rings. The summed E-state index contributed by atoms with van der Waals surface area (Å²) in [5.41, 5.74) is 2.06. The second kappa shape index (κ2) is 5.79. The first kappa shape index (κ1) is 14.6. The largest absolute Gasteiger partial charge is 0.481 e. The Morgan fingerprint density at radius 2 is 2.10 bits per heavy atom. The Bertz CT molecular complexity index is 562. The van der Waals surface area contributed by atoms with Gasteiger partial charge in [-0.05, 0) is 44.1 Å². The van der Waals surface area contributed by atoms with E-state index in [2.05, 4.69) is 0 Å². The van der Waals surface area contributed by atoms with Crippen molar-refractivity contribution in [2.45, 2.75) is 51.5 Å². The van der Waals surface area contributed by atoms with Gasteiger partial charge in [-0.3, -0.25) is 9.59 Å². The average Bonchev–Trinajstić information content (AvgIpc) is 3.22. The molecular weight excluding hydrogens is 286 g/mol. The molecule has 1 aromatic heterocycles. The van der Waals surface area contributed by atoms with Gasteiger partial charge in [0.25, 0.3) is 5.91 Å². The van der Waals surface area contributed by atoms with E-state index in [-0.39, 0.29) is 11.9 Å². The number of aryl methyl sites for hydroxylation is 1. The molecule has 1 amide bonds. The van der Waals surface area contributed by atoms with E-state index in [4.69, 9.17) is 5.11 Å². The molecule has 0 radical (unpaired) electrons. The van der Waals surface area contributed by atoms with Crippen LogP contribution in [0.25, 0.3) is 0 Å². The van der Waals surface area contributed by atoms with Gasteiger partial charge in [-0.1, -0.05) is 6.92 Å². The van der Waals surface area contributed by atoms with E-state index in [0.29, 0.717) is 6.54 Å². The summed E-state index contributed by atoms with van der Waals surface area (Å²) in [7, 11) is 0. The third kappa shape index (κ3) is 2.98. The Morgan fingerprint density at radius 1 is 1.38 bits per heavy atom. The quantitative estimate of drug-likeness (QED) is 0.910. The van der Waals surface area contributed by atoms with E-state index >= 15 is 0 Å². The molecular formula is C16H21NO3S. The second-order valence-corrected chi connectivity index (χ2v) is 7.15. The Kier molecular flexibility index (Phi) is 4.02. The number of carboxylic acid groups (broad SMARTS) is 1. The Hall–Kier alpha value is -1.36. The Labute approximate surface area is 128 Å². The van der Waals surface area contributed by atoms with Crippen LogP contribution in [0.4, 0.5) is 0 Å². The van der Waals surface area contributed by atoms with Gasteiger partial charge in [0, 0.05) is 22.8 Å². The highest BCUT2D eigenvalue weighted by Gasteiger charge is 2.36. The maximum atomic E-state index is 12.9. The number of hydrogen-bond donors (Lipinski definition) is 1. The minimum absolute atomic E-state index is 0.0463. The van der Waals surface area contributed by atoms with Crippen LogP contribution in [0.15, 0.2) is 5.38 Å². The molecule has 0 saturated heterocycles. The molecule has 0 spiro atoms. The van der Waals surface area contributed by atoms with Gasteiger partial charge in [-0.2, -0.15) is 0 Å². The SMILES string of the molecule is CC(CN(C(=O)c1csc2c1CCCC2)C1CC1)C(=O)O. The molecule has 0 aliphatic heterocycles. The zero-order valence-electron chi connectivity index (χ0n) is 12.3. The van der Waals surface area contributed by atoms with Gasteiger partial charge >= 0.3 is 5.97 Å². The fraction of sp³-hybridized carbons (Fsp3) is 0.625. The van der Waals surface area contributed by atoms with Gasteiger partial charge < -0.3 is 10.0 Å². The molecule has 5 heteroatoms. The number of hydrogen-bond acceptors (Lipinski definition) is 3. The van der Waals surface area contributed by atoms with Gasteiger partial charge in [-0.25, -0.2) is 0 Å². The topological polar surface area (TPSA) is 57.6 Å². The molecule has 21 heavy (non-hydrogen) atoms. The van der Waals surface area contributed by atoms with Crippen molar-refractivity contribution < 1.29 is 14.7 Å². The van der Waals surface area contributed by atoms with Crippen molar-refractivity contribution in [1.29, 1.82) is 0 Å². The first-order chi connectivity index (χ1) is 10.1. The van der Waals surface area contributed by atoms with Crippen molar-refractivity contribution in [2.24, 2.45) is 5.92 Å². The fourth-order valence-electron chi connectivity index (χ4n) is 2.99. The molecule has 1 saturated carbocycles. The highest BCUT2D eigenvalue weighted by molar-refractivity contribution is 7.10. The summed E-state index contributed by atoms with van der Waals surface area (Å²) in [5.74, 6) is -1.30. The lowest BCUT2D eigenvalue weighted by Crippen LogP contribution is -2.38. The van der Waals surface area contributed by atoms with Crippen molar-refractivity contribution in [3.05, 3.63) is 21.4 Å². The van der Waals surface area contributed by atoms with Crippen LogP contribution in [-0.2, 0) is 17.6 Å². The lowest BCUT2D eigenvalue weighted by Gasteiger charge is -2.25. The first-order valence-corrected chi connectivity index (χ1v) is 8.59. The number of thiophene rings is 1. The van der Waals surface area contributed by atoms with Crippen LogP contribution >= 0.6 is 11.3 Å². The molecule has 2 aliphatic carbocycles. The maximum Gasteiger partial charge on any atom is 0.308 e.